The third kappa shape index (κ3) is 2.83. The third-order valence-electron chi connectivity index (χ3n) is 4.52. The van der Waals surface area contributed by atoms with Gasteiger partial charge < -0.3 is 0 Å². The standard InChI is InChI=1S/C22H19.Zr/c1-15(2)18-13-17-9-6-12-21(22(17)14-18)20-11-5-8-16-7-3-4-10-19(16)20;/h3-15H,1-2H3;/q-1;. The molecule has 0 aliphatic carbocycles. The van der Waals surface area contributed by atoms with Crippen molar-refractivity contribution in [1.82, 2.24) is 0 Å². The quantitative estimate of drug-likeness (QED) is 0.351. The van der Waals surface area contributed by atoms with Crippen LogP contribution in [0.25, 0.3) is 32.7 Å². The van der Waals surface area contributed by atoms with Crippen LogP contribution in [0.4, 0.5) is 0 Å². The first-order valence-electron chi connectivity index (χ1n) is 7.91. The minimum atomic E-state index is 0. The van der Waals surface area contributed by atoms with Crippen LogP contribution in [-0.4, -0.2) is 0 Å². The summed E-state index contributed by atoms with van der Waals surface area (Å²) < 4.78 is 0. The van der Waals surface area contributed by atoms with Crippen LogP contribution in [0, 0.1) is 0 Å². The van der Waals surface area contributed by atoms with Crippen LogP contribution in [0.3, 0.4) is 0 Å². The number of hydrogen-bond donors (Lipinski definition) is 0. The van der Waals surface area contributed by atoms with E-state index in [1.54, 1.807) is 0 Å². The van der Waals surface area contributed by atoms with Crippen LogP contribution in [0.1, 0.15) is 25.3 Å². The van der Waals surface area contributed by atoms with E-state index in [0.717, 1.165) is 0 Å². The van der Waals surface area contributed by atoms with Gasteiger partial charge in [0.15, 0.2) is 0 Å². The van der Waals surface area contributed by atoms with Crippen molar-refractivity contribution in [3.05, 3.63) is 78.4 Å². The van der Waals surface area contributed by atoms with E-state index < -0.39 is 0 Å². The molecule has 0 bridgehead atoms. The maximum Gasteiger partial charge on any atom is 0 e. The van der Waals surface area contributed by atoms with E-state index in [0.29, 0.717) is 5.92 Å². The van der Waals surface area contributed by atoms with E-state index in [1.165, 1.54) is 38.2 Å². The molecule has 0 fully saturated rings. The Hall–Kier alpha value is -1.59. The van der Waals surface area contributed by atoms with Crippen LogP contribution in [-0.2, 0) is 26.2 Å². The van der Waals surface area contributed by atoms with Gasteiger partial charge in [-0.05, 0) is 22.3 Å². The predicted octanol–water partition coefficient (Wildman–Crippen LogP) is 6.50. The first kappa shape index (κ1) is 16.3. The van der Waals surface area contributed by atoms with Crippen LogP contribution in [0.5, 0.6) is 0 Å². The van der Waals surface area contributed by atoms with Crippen molar-refractivity contribution in [3.8, 4) is 11.1 Å². The average Bonchev–Trinajstić information content (AvgIpc) is 2.99. The molecular formula is C22H19Zr-. The molecule has 0 radical (unpaired) electrons. The minimum Gasteiger partial charge on any atom is -0.164 e. The Balaban J connectivity index is 0.00000156. The molecule has 0 atom stereocenters. The molecule has 112 valence electrons. The molecule has 4 aromatic rings. The Bertz CT molecular complexity index is 955. The number of benzene rings is 3. The monoisotopic (exact) mass is 373 g/mol. The van der Waals surface area contributed by atoms with Gasteiger partial charge in [-0.1, -0.05) is 67.9 Å². The summed E-state index contributed by atoms with van der Waals surface area (Å²) >= 11 is 0. The Kier molecular flexibility index (Phi) is 4.60. The molecule has 0 saturated heterocycles. The van der Waals surface area contributed by atoms with Crippen molar-refractivity contribution in [2.45, 2.75) is 19.8 Å². The fraction of sp³-hybridized carbons (Fsp3) is 0.136. The zero-order chi connectivity index (χ0) is 15.1. The van der Waals surface area contributed by atoms with Crippen molar-refractivity contribution in [3.63, 3.8) is 0 Å². The largest absolute Gasteiger partial charge is 0.164 e. The zero-order valence-corrected chi connectivity index (χ0v) is 16.0. The fourth-order valence-corrected chi connectivity index (χ4v) is 3.29. The van der Waals surface area contributed by atoms with E-state index in [2.05, 4.69) is 86.6 Å². The SMILES string of the molecule is CC(C)c1cc2c(-c3cccc4ccccc34)cccc2[cH-]1.[Zr]. The van der Waals surface area contributed by atoms with Gasteiger partial charge in [0, 0.05) is 26.2 Å². The van der Waals surface area contributed by atoms with Gasteiger partial charge in [-0.15, -0.1) is 34.5 Å². The summed E-state index contributed by atoms with van der Waals surface area (Å²) in [6.45, 7) is 4.51. The van der Waals surface area contributed by atoms with Crippen molar-refractivity contribution in [1.29, 1.82) is 0 Å². The second-order valence-corrected chi connectivity index (χ2v) is 6.28. The van der Waals surface area contributed by atoms with Gasteiger partial charge in [-0.25, -0.2) is 0 Å². The number of hydrogen-bond acceptors (Lipinski definition) is 0. The molecule has 0 saturated carbocycles. The Labute approximate surface area is 156 Å². The smallest absolute Gasteiger partial charge is 0 e. The van der Waals surface area contributed by atoms with Gasteiger partial charge in [-0.3, -0.25) is 0 Å². The molecule has 0 aliphatic heterocycles. The van der Waals surface area contributed by atoms with E-state index in [1.807, 2.05) is 0 Å². The molecule has 0 aliphatic rings. The maximum absolute atomic E-state index is 2.36. The summed E-state index contributed by atoms with van der Waals surface area (Å²) in [5.74, 6) is 0.563. The van der Waals surface area contributed by atoms with Crippen molar-refractivity contribution >= 4 is 21.5 Å². The maximum atomic E-state index is 2.36. The molecule has 4 rings (SSSR count). The molecule has 0 aromatic heterocycles. The summed E-state index contributed by atoms with van der Waals surface area (Å²) in [6.07, 6.45) is 0. The van der Waals surface area contributed by atoms with E-state index in [-0.39, 0.29) is 26.2 Å². The van der Waals surface area contributed by atoms with E-state index in [9.17, 15) is 0 Å². The molecule has 0 unspecified atom stereocenters. The van der Waals surface area contributed by atoms with Crippen molar-refractivity contribution in [2.24, 2.45) is 0 Å². The first-order valence-corrected chi connectivity index (χ1v) is 7.91. The Morgan fingerprint density at radius 2 is 1.39 bits per heavy atom. The molecule has 0 spiro atoms. The second-order valence-electron chi connectivity index (χ2n) is 6.28. The van der Waals surface area contributed by atoms with Gasteiger partial charge in [0.1, 0.15) is 0 Å². The summed E-state index contributed by atoms with van der Waals surface area (Å²) in [5.41, 5.74) is 4.08. The van der Waals surface area contributed by atoms with E-state index >= 15 is 0 Å². The molecule has 4 aromatic carbocycles. The topological polar surface area (TPSA) is 0 Å². The van der Waals surface area contributed by atoms with E-state index in [4.69, 9.17) is 0 Å². The van der Waals surface area contributed by atoms with Crippen LogP contribution >= 0.6 is 0 Å². The summed E-state index contributed by atoms with van der Waals surface area (Å²) in [4.78, 5) is 0. The molecule has 0 N–H and O–H groups in total. The van der Waals surface area contributed by atoms with Crippen molar-refractivity contribution in [2.75, 3.05) is 0 Å². The molecule has 0 heterocycles. The normalized spacial score (nSPS) is 11.1. The molecule has 0 amide bonds. The zero-order valence-electron chi connectivity index (χ0n) is 13.5. The average molecular weight is 375 g/mol. The second kappa shape index (κ2) is 6.50. The third-order valence-corrected chi connectivity index (χ3v) is 4.52. The first-order chi connectivity index (χ1) is 10.7. The molecular weight excluding hydrogens is 355 g/mol. The minimum absolute atomic E-state index is 0. The van der Waals surface area contributed by atoms with Gasteiger partial charge in [0.2, 0.25) is 0 Å². The van der Waals surface area contributed by atoms with Crippen LogP contribution < -0.4 is 0 Å². The van der Waals surface area contributed by atoms with Crippen LogP contribution in [0.15, 0.2) is 72.8 Å². The Morgan fingerprint density at radius 1 is 0.739 bits per heavy atom. The van der Waals surface area contributed by atoms with Gasteiger partial charge in [-0.2, -0.15) is 6.07 Å². The summed E-state index contributed by atoms with van der Waals surface area (Å²) in [6, 6.07) is 26.5. The Morgan fingerprint density at radius 3 is 2.17 bits per heavy atom. The number of fused-ring (bicyclic) bond motifs is 2. The number of rotatable bonds is 2. The van der Waals surface area contributed by atoms with Gasteiger partial charge in [0.05, 0.1) is 0 Å². The molecule has 23 heavy (non-hydrogen) atoms. The fourth-order valence-electron chi connectivity index (χ4n) is 3.29. The molecule has 0 nitrogen and oxygen atoms in total. The molecule has 1 heteroatoms. The summed E-state index contributed by atoms with van der Waals surface area (Å²) in [7, 11) is 0. The van der Waals surface area contributed by atoms with Gasteiger partial charge >= 0.3 is 0 Å². The van der Waals surface area contributed by atoms with Crippen LogP contribution in [0.2, 0.25) is 0 Å². The summed E-state index contributed by atoms with van der Waals surface area (Å²) in [5, 5.41) is 5.33. The van der Waals surface area contributed by atoms with Crippen molar-refractivity contribution < 1.29 is 26.2 Å². The van der Waals surface area contributed by atoms with Gasteiger partial charge in [0.25, 0.3) is 0 Å². The predicted molar refractivity (Wildman–Crippen MR) is 96.6 cm³/mol.